The van der Waals surface area contributed by atoms with E-state index >= 15 is 0 Å². The first-order chi connectivity index (χ1) is 17.4. The van der Waals surface area contributed by atoms with E-state index in [9.17, 15) is 31.1 Å². The molecule has 0 bridgehead atoms. The molecule has 4 aromatic rings. The number of thioether (sulfide) groups is 1. The molecule has 0 N–H and O–H groups in total. The molecule has 1 heterocycles. The van der Waals surface area contributed by atoms with E-state index in [2.05, 4.69) is 9.97 Å². The number of aromatic nitrogens is 2. The number of nitrogens with zero attached hydrogens (tertiary/aromatic N) is 3. The van der Waals surface area contributed by atoms with Gasteiger partial charge in [-0.2, -0.15) is 26.3 Å². The maximum Gasteiger partial charge on any atom is 0.416 e. The summed E-state index contributed by atoms with van der Waals surface area (Å²) in [6.45, 7) is -0.491. The molecular formula is C26H19F6N3OS. The molecule has 192 valence electrons. The van der Waals surface area contributed by atoms with E-state index in [4.69, 9.17) is 0 Å². The van der Waals surface area contributed by atoms with Crippen LogP contribution in [0.2, 0.25) is 0 Å². The van der Waals surface area contributed by atoms with Gasteiger partial charge in [-0.25, -0.2) is 9.97 Å². The average molecular weight is 536 g/mol. The van der Waals surface area contributed by atoms with Crippen molar-refractivity contribution in [3.63, 3.8) is 0 Å². The fourth-order valence-corrected chi connectivity index (χ4v) is 4.51. The van der Waals surface area contributed by atoms with E-state index in [1.54, 1.807) is 0 Å². The second-order valence-corrected chi connectivity index (χ2v) is 9.05. The van der Waals surface area contributed by atoms with Crippen molar-refractivity contribution in [1.29, 1.82) is 0 Å². The van der Waals surface area contributed by atoms with E-state index in [1.165, 1.54) is 31.1 Å². The lowest BCUT2D eigenvalue weighted by molar-refractivity contribution is -0.143. The lowest BCUT2D eigenvalue weighted by Gasteiger charge is -2.20. The van der Waals surface area contributed by atoms with Gasteiger partial charge in [-0.05, 0) is 52.9 Å². The van der Waals surface area contributed by atoms with Crippen molar-refractivity contribution in [2.24, 2.45) is 0 Å². The van der Waals surface area contributed by atoms with Crippen molar-refractivity contribution in [3.8, 4) is 11.4 Å². The van der Waals surface area contributed by atoms with Gasteiger partial charge in [-0.15, -0.1) is 11.8 Å². The van der Waals surface area contributed by atoms with Crippen LogP contribution in [0, 0.1) is 0 Å². The molecule has 0 saturated carbocycles. The summed E-state index contributed by atoms with van der Waals surface area (Å²) in [5.41, 5.74) is -2.52. The minimum atomic E-state index is -4.98. The van der Waals surface area contributed by atoms with E-state index in [0.29, 0.717) is 12.1 Å². The van der Waals surface area contributed by atoms with Gasteiger partial charge in [0.1, 0.15) is 5.69 Å². The zero-order chi connectivity index (χ0) is 27.0. The molecule has 0 spiro atoms. The van der Waals surface area contributed by atoms with Crippen molar-refractivity contribution in [1.82, 2.24) is 14.9 Å². The molecule has 0 unspecified atom stereocenters. The quantitative estimate of drug-likeness (QED) is 0.198. The third kappa shape index (κ3) is 5.71. The van der Waals surface area contributed by atoms with Crippen LogP contribution in [0.15, 0.2) is 71.8 Å². The fourth-order valence-electron chi connectivity index (χ4n) is 3.90. The summed E-state index contributed by atoms with van der Waals surface area (Å²) in [7, 11) is 1.28. The number of carbonyl (C=O) groups is 1. The topological polar surface area (TPSA) is 46.1 Å². The van der Waals surface area contributed by atoms with Crippen molar-refractivity contribution in [2.75, 3.05) is 13.3 Å². The van der Waals surface area contributed by atoms with Crippen molar-refractivity contribution >= 4 is 28.4 Å². The van der Waals surface area contributed by atoms with Crippen molar-refractivity contribution in [3.05, 3.63) is 89.2 Å². The molecule has 1 amide bonds. The molecule has 11 heteroatoms. The average Bonchev–Trinajstić information content (AvgIpc) is 2.86. The molecule has 0 saturated heterocycles. The number of hydrogen-bond acceptors (Lipinski definition) is 4. The molecule has 37 heavy (non-hydrogen) atoms. The summed E-state index contributed by atoms with van der Waals surface area (Å²) < 4.78 is 79.3. The van der Waals surface area contributed by atoms with Gasteiger partial charge in [-0.3, -0.25) is 4.79 Å². The maximum absolute atomic E-state index is 13.2. The normalized spacial score (nSPS) is 12.1. The van der Waals surface area contributed by atoms with E-state index in [-0.39, 0.29) is 23.1 Å². The molecule has 0 atom stereocenters. The van der Waals surface area contributed by atoms with Gasteiger partial charge >= 0.3 is 12.4 Å². The molecule has 0 aliphatic carbocycles. The van der Waals surface area contributed by atoms with E-state index in [1.807, 2.05) is 42.7 Å². The highest BCUT2D eigenvalue weighted by Crippen LogP contribution is 2.37. The van der Waals surface area contributed by atoms with Crippen LogP contribution in [0.4, 0.5) is 26.3 Å². The maximum atomic E-state index is 13.2. The zero-order valence-electron chi connectivity index (χ0n) is 19.5. The van der Waals surface area contributed by atoms with Gasteiger partial charge in [0, 0.05) is 30.2 Å². The fraction of sp³-hybridized carbons (Fsp3) is 0.192. The monoisotopic (exact) mass is 535 g/mol. The summed E-state index contributed by atoms with van der Waals surface area (Å²) in [5, 5.41) is 1.81. The smallest absolute Gasteiger partial charge is 0.336 e. The molecule has 0 radical (unpaired) electrons. The number of carbonyl (C=O) groups excluding carboxylic acids is 1. The Bertz CT molecular complexity index is 1440. The summed E-state index contributed by atoms with van der Waals surface area (Å²) in [6, 6.07) is 14.1. The zero-order valence-corrected chi connectivity index (χ0v) is 20.3. The number of alkyl halides is 6. The minimum Gasteiger partial charge on any atom is -0.336 e. The lowest BCUT2D eigenvalue weighted by atomic mass is 10.0. The van der Waals surface area contributed by atoms with Crippen LogP contribution in [-0.2, 0) is 18.9 Å². The summed E-state index contributed by atoms with van der Waals surface area (Å²) in [6.07, 6.45) is -6.68. The molecule has 3 aromatic carbocycles. The van der Waals surface area contributed by atoms with Crippen molar-refractivity contribution in [2.45, 2.75) is 23.8 Å². The largest absolute Gasteiger partial charge is 0.416 e. The molecule has 4 rings (SSSR count). The van der Waals surface area contributed by atoms with Crippen LogP contribution in [0.3, 0.4) is 0 Å². The van der Waals surface area contributed by atoms with Crippen molar-refractivity contribution < 1.29 is 31.1 Å². The molecule has 1 aromatic heterocycles. The van der Waals surface area contributed by atoms with Gasteiger partial charge in [0.2, 0.25) is 0 Å². The Morgan fingerprint density at radius 3 is 2.19 bits per heavy atom. The van der Waals surface area contributed by atoms with Crippen LogP contribution in [-0.4, -0.2) is 34.1 Å². The molecule has 4 nitrogen and oxygen atoms in total. The molecule has 0 aliphatic heterocycles. The number of benzene rings is 3. The number of amides is 1. The molecule has 0 aliphatic rings. The second kappa shape index (κ2) is 10.0. The molecular weight excluding hydrogens is 516 g/mol. The van der Waals surface area contributed by atoms with Gasteiger partial charge in [0.15, 0.2) is 5.82 Å². The Morgan fingerprint density at radius 2 is 1.57 bits per heavy atom. The first-order valence-electron chi connectivity index (χ1n) is 10.8. The SMILES string of the molecule is CSc1ccc2ccccc2c1-c1nccc(C(=O)N(C)Cc2cc(C(F)(F)F)cc(C(F)(F)F)c2)n1. The Kier molecular flexibility index (Phi) is 7.18. The highest BCUT2D eigenvalue weighted by molar-refractivity contribution is 7.98. The summed E-state index contributed by atoms with van der Waals surface area (Å²) >= 11 is 1.47. The first kappa shape index (κ1) is 26.5. The van der Waals surface area contributed by atoms with E-state index in [0.717, 1.165) is 26.1 Å². The highest BCUT2D eigenvalue weighted by atomic mass is 32.2. The van der Waals surface area contributed by atoms with Crippen LogP contribution in [0.5, 0.6) is 0 Å². The Balaban J connectivity index is 1.68. The van der Waals surface area contributed by atoms with Gasteiger partial charge in [-0.1, -0.05) is 30.3 Å². The third-order valence-corrected chi connectivity index (χ3v) is 6.40. The Hall–Kier alpha value is -3.60. The number of hydrogen-bond donors (Lipinski definition) is 0. The van der Waals surface area contributed by atoms with Crippen LogP contribution < -0.4 is 0 Å². The lowest BCUT2D eigenvalue weighted by Crippen LogP contribution is -2.27. The van der Waals surface area contributed by atoms with Crippen LogP contribution in [0.25, 0.3) is 22.2 Å². The van der Waals surface area contributed by atoms with E-state index < -0.39 is 35.9 Å². The number of halogens is 6. The van der Waals surface area contributed by atoms with Gasteiger partial charge in [0.05, 0.1) is 11.1 Å². The Labute approximate surface area is 212 Å². The van der Waals surface area contributed by atoms with Crippen LogP contribution in [0.1, 0.15) is 27.2 Å². The Morgan fingerprint density at radius 1 is 0.919 bits per heavy atom. The third-order valence-electron chi connectivity index (χ3n) is 5.62. The summed E-state index contributed by atoms with van der Waals surface area (Å²) in [5.74, 6) is -0.403. The van der Waals surface area contributed by atoms with Gasteiger partial charge < -0.3 is 4.90 Å². The minimum absolute atomic E-state index is 0.0458. The summed E-state index contributed by atoms with van der Waals surface area (Å²) in [4.78, 5) is 23.7. The second-order valence-electron chi connectivity index (χ2n) is 8.20. The predicted octanol–water partition coefficient (Wildman–Crippen LogP) is 7.33. The molecule has 0 fully saturated rings. The number of fused-ring (bicyclic) bond motifs is 1. The first-order valence-corrected chi connectivity index (χ1v) is 12.0. The van der Waals surface area contributed by atoms with Crippen LogP contribution >= 0.6 is 11.8 Å². The predicted molar refractivity (Wildman–Crippen MR) is 129 cm³/mol. The highest BCUT2D eigenvalue weighted by Gasteiger charge is 2.37. The van der Waals surface area contributed by atoms with Gasteiger partial charge in [0.25, 0.3) is 5.91 Å². The standard InChI is InChI=1S/C26H19F6N3OS/c1-35(14-15-11-17(25(27,28)29)13-18(12-15)26(30,31)32)24(36)20-9-10-33-23(34-20)22-19-6-4-3-5-16(19)7-8-21(22)37-2/h3-13H,14H2,1-2H3. The number of rotatable bonds is 5.